The molecule has 0 unspecified atom stereocenters. The van der Waals surface area contributed by atoms with Gasteiger partial charge in [-0.15, -0.1) is 0 Å². The third kappa shape index (κ3) is 5.42. The molecule has 1 amide bonds. The SMILES string of the molecule is COCCCNC(=S)N(C)NC(=O)/C=C/c1c(Cl)nc2ccccn12. The van der Waals surface area contributed by atoms with Crippen LogP contribution in [0.3, 0.4) is 0 Å². The summed E-state index contributed by atoms with van der Waals surface area (Å²) in [6.07, 6.45) is 5.65. The molecular weight excluding hydrogens is 362 g/mol. The monoisotopic (exact) mass is 381 g/mol. The molecule has 0 aliphatic rings. The summed E-state index contributed by atoms with van der Waals surface area (Å²) in [5.74, 6) is -0.328. The van der Waals surface area contributed by atoms with Crippen LogP contribution in [0.2, 0.25) is 5.15 Å². The maximum absolute atomic E-state index is 12.1. The fourth-order valence-corrected chi connectivity index (χ4v) is 2.46. The molecule has 2 aromatic rings. The second-order valence-corrected chi connectivity index (χ2v) is 5.91. The number of hydrazine groups is 1. The third-order valence-corrected chi connectivity index (χ3v) is 3.99. The van der Waals surface area contributed by atoms with Crippen LogP contribution in [0.25, 0.3) is 11.7 Å². The van der Waals surface area contributed by atoms with Crippen molar-refractivity contribution in [3.05, 3.63) is 41.3 Å². The summed E-state index contributed by atoms with van der Waals surface area (Å²) in [6, 6.07) is 5.57. The minimum absolute atomic E-state index is 0.328. The molecule has 2 heterocycles. The number of nitrogens with one attached hydrogen (secondary N) is 2. The number of thiocarbonyl (C=S) groups is 1. The van der Waals surface area contributed by atoms with E-state index < -0.39 is 0 Å². The van der Waals surface area contributed by atoms with Crippen LogP contribution in [0.4, 0.5) is 0 Å². The molecule has 2 N–H and O–H groups in total. The summed E-state index contributed by atoms with van der Waals surface area (Å²) >= 11 is 11.3. The lowest BCUT2D eigenvalue weighted by molar-refractivity contribution is -0.119. The summed E-state index contributed by atoms with van der Waals surface area (Å²) in [6.45, 7) is 1.31. The molecule has 25 heavy (non-hydrogen) atoms. The van der Waals surface area contributed by atoms with E-state index in [9.17, 15) is 4.79 Å². The molecule has 0 atom stereocenters. The van der Waals surface area contributed by atoms with Crippen LogP contribution in [-0.4, -0.2) is 52.7 Å². The van der Waals surface area contributed by atoms with Crippen molar-refractivity contribution < 1.29 is 9.53 Å². The fraction of sp³-hybridized carbons (Fsp3) is 0.312. The molecule has 2 rings (SSSR count). The number of amides is 1. The first-order valence-electron chi connectivity index (χ1n) is 7.64. The van der Waals surface area contributed by atoms with Crippen molar-refractivity contribution in [1.29, 1.82) is 0 Å². The van der Waals surface area contributed by atoms with Gasteiger partial charge in [0, 0.05) is 39.6 Å². The first kappa shape index (κ1) is 19.2. The second kappa shape index (κ2) is 9.36. The lowest BCUT2D eigenvalue weighted by Gasteiger charge is -2.20. The van der Waals surface area contributed by atoms with Crippen LogP contribution in [0, 0.1) is 0 Å². The van der Waals surface area contributed by atoms with Gasteiger partial charge in [0.05, 0.1) is 5.69 Å². The zero-order valence-corrected chi connectivity index (χ0v) is 15.6. The van der Waals surface area contributed by atoms with Gasteiger partial charge in [0.25, 0.3) is 5.91 Å². The Kier molecular flexibility index (Phi) is 7.17. The quantitative estimate of drug-likeness (QED) is 0.344. The van der Waals surface area contributed by atoms with Gasteiger partial charge < -0.3 is 10.1 Å². The summed E-state index contributed by atoms with van der Waals surface area (Å²) in [4.78, 5) is 16.3. The normalized spacial score (nSPS) is 11.0. The van der Waals surface area contributed by atoms with Gasteiger partial charge in [-0.25, -0.2) is 4.98 Å². The van der Waals surface area contributed by atoms with Crippen molar-refractivity contribution in [2.24, 2.45) is 0 Å². The molecule has 0 radical (unpaired) electrons. The van der Waals surface area contributed by atoms with E-state index in [1.54, 1.807) is 24.6 Å². The van der Waals surface area contributed by atoms with Crippen molar-refractivity contribution in [2.75, 3.05) is 27.3 Å². The van der Waals surface area contributed by atoms with Gasteiger partial charge in [-0.05, 0) is 36.8 Å². The van der Waals surface area contributed by atoms with E-state index in [0.717, 1.165) is 6.42 Å². The number of methoxy groups -OCH3 is 1. The van der Waals surface area contributed by atoms with Crippen LogP contribution in [0.1, 0.15) is 12.1 Å². The topological polar surface area (TPSA) is 70.9 Å². The van der Waals surface area contributed by atoms with Gasteiger partial charge in [0.1, 0.15) is 5.65 Å². The largest absolute Gasteiger partial charge is 0.385 e. The second-order valence-electron chi connectivity index (χ2n) is 5.16. The number of ether oxygens (including phenoxy) is 1. The molecule has 0 bridgehead atoms. The fourth-order valence-electron chi connectivity index (χ4n) is 2.07. The van der Waals surface area contributed by atoms with Crippen LogP contribution in [-0.2, 0) is 9.53 Å². The number of fused-ring (bicyclic) bond motifs is 1. The Hall–Kier alpha value is -2.16. The van der Waals surface area contributed by atoms with Gasteiger partial charge in [0.2, 0.25) is 0 Å². The highest BCUT2D eigenvalue weighted by Gasteiger charge is 2.09. The Labute approximate surface area is 156 Å². The number of hydrogen-bond acceptors (Lipinski definition) is 4. The molecule has 0 saturated carbocycles. The maximum Gasteiger partial charge on any atom is 0.262 e. The number of hydrogen-bond donors (Lipinski definition) is 2. The molecule has 0 spiro atoms. The number of aromatic nitrogens is 2. The average molecular weight is 382 g/mol. The molecule has 0 aromatic carbocycles. The summed E-state index contributed by atoms with van der Waals surface area (Å²) < 4.78 is 6.77. The predicted octanol–water partition coefficient (Wildman–Crippen LogP) is 1.87. The Morgan fingerprint density at radius 1 is 1.52 bits per heavy atom. The number of carbonyl (C=O) groups excluding carboxylic acids is 1. The van der Waals surface area contributed by atoms with Crippen molar-refractivity contribution in [1.82, 2.24) is 25.1 Å². The smallest absolute Gasteiger partial charge is 0.262 e. The molecule has 9 heteroatoms. The number of pyridine rings is 1. The summed E-state index contributed by atoms with van der Waals surface area (Å²) in [5, 5.41) is 5.23. The minimum Gasteiger partial charge on any atom is -0.385 e. The standard InChI is InChI=1S/C16H20ClN5O2S/c1-21(16(25)18-9-5-11-24-2)20-14(23)8-7-12-15(17)19-13-6-3-4-10-22(12)13/h3-4,6-8,10H,5,9,11H2,1-2H3,(H,18,25)(H,20,23)/b8-7+. The maximum atomic E-state index is 12.1. The van der Waals surface area contributed by atoms with Crippen molar-refractivity contribution in [3.8, 4) is 0 Å². The van der Waals surface area contributed by atoms with E-state index in [1.165, 1.54) is 11.1 Å². The first-order chi connectivity index (χ1) is 12.0. The number of rotatable bonds is 6. The molecular formula is C16H20ClN5O2S. The van der Waals surface area contributed by atoms with E-state index in [0.29, 0.717) is 34.8 Å². The molecule has 0 aliphatic heterocycles. The van der Waals surface area contributed by atoms with Gasteiger partial charge in [-0.3, -0.25) is 19.6 Å². The summed E-state index contributed by atoms with van der Waals surface area (Å²) in [7, 11) is 3.31. The third-order valence-electron chi connectivity index (χ3n) is 3.30. The van der Waals surface area contributed by atoms with E-state index >= 15 is 0 Å². The summed E-state index contributed by atoms with van der Waals surface area (Å²) in [5.41, 5.74) is 4.00. The molecule has 2 aromatic heterocycles. The lowest BCUT2D eigenvalue weighted by Crippen LogP contribution is -2.47. The van der Waals surface area contributed by atoms with E-state index in [4.69, 9.17) is 28.6 Å². The van der Waals surface area contributed by atoms with Crippen LogP contribution in [0.15, 0.2) is 30.5 Å². The van der Waals surface area contributed by atoms with E-state index in [2.05, 4.69) is 15.7 Å². The first-order valence-corrected chi connectivity index (χ1v) is 8.43. The zero-order chi connectivity index (χ0) is 18.2. The van der Waals surface area contributed by atoms with Gasteiger partial charge in [-0.2, -0.15) is 0 Å². The van der Waals surface area contributed by atoms with Crippen LogP contribution in [0.5, 0.6) is 0 Å². The number of imidazole rings is 1. The highest BCUT2D eigenvalue weighted by atomic mass is 35.5. The average Bonchev–Trinajstić information content (AvgIpc) is 2.91. The molecule has 7 nitrogen and oxygen atoms in total. The highest BCUT2D eigenvalue weighted by Crippen LogP contribution is 2.18. The molecule has 0 aliphatic carbocycles. The van der Waals surface area contributed by atoms with Crippen molar-refractivity contribution in [3.63, 3.8) is 0 Å². The Morgan fingerprint density at radius 3 is 3.08 bits per heavy atom. The van der Waals surface area contributed by atoms with Gasteiger partial charge in [0.15, 0.2) is 10.3 Å². The Balaban J connectivity index is 1.91. The molecule has 134 valence electrons. The van der Waals surface area contributed by atoms with Crippen LogP contribution >= 0.6 is 23.8 Å². The Morgan fingerprint density at radius 2 is 2.32 bits per heavy atom. The van der Waals surface area contributed by atoms with Crippen molar-refractivity contribution >= 4 is 46.6 Å². The zero-order valence-electron chi connectivity index (χ0n) is 14.0. The Bertz CT molecular complexity index is 777. The highest BCUT2D eigenvalue weighted by molar-refractivity contribution is 7.80. The minimum atomic E-state index is -0.328. The number of halogens is 1. The van der Waals surface area contributed by atoms with Crippen LogP contribution < -0.4 is 10.7 Å². The lowest BCUT2D eigenvalue weighted by atomic mass is 10.4. The predicted molar refractivity (Wildman–Crippen MR) is 102 cm³/mol. The molecule has 0 fully saturated rings. The van der Waals surface area contributed by atoms with Gasteiger partial charge >= 0.3 is 0 Å². The van der Waals surface area contributed by atoms with E-state index in [-0.39, 0.29) is 5.91 Å². The number of nitrogens with zero attached hydrogens (tertiary/aromatic N) is 3. The van der Waals surface area contributed by atoms with Crippen molar-refractivity contribution in [2.45, 2.75) is 6.42 Å². The molecule has 0 saturated heterocycles. The number of carbonyl (C=O) groups is 1. The van der Waals surface area contributed by atoms with E-state index in [1.807, 2.05) is 24.4 Å². The van der Waals surface area contributed by atoms with Gasteiger partial charge in [-0.1, -0.05) is 17.7 Å².